The molecule has 10 heteroatoms. The summed E-state index contributed by atoms with van der Waals surface area (Å²) < 4.78 is 11.3. The maximum absolute atomic E-state index is 9.10. The molecule has 9 nitrogen and oxygen atoms in total. The van der Waals surface area contributed by atoms with E-state index >= 15 is 0 Å². The molecule has 0 unspecified atom stereocenters. The summed E-state index contributed by atoms with van der Waals surface area (Å²) in [4.78, 5) is 25.1. The lowest BCUT2D eigenvalue weighted by Gasteiger charge is -2.37. The van der Waals surface area contributed by atoms with Crippen molar-refractivity contribution in [3.63, 3.8) is 0 Å². The quantitative estimate of drug-likeness (QED) is 0.365. The Hall–Kier alpha value is -4.02. The number of benzene rings is 2. The van der Waals surface area contributed by atoms with Crippen molar-refractivity contribution < 1.29 is 29.1 Å². The molecule has 1 fully saturated rings. The minimum Gasteiger partial charge on any atom is -0.489 e. The molecule has 2 aromatic carbocycles. The molecule has 0 saturated carbocycles. The van der Waals surface area contributed by atoms with Gasteiger partial charge in [-0.2, -0.15) is 16.3 Å². The topological polar surface area (TPSA) is 126 Å². The molecule has 0 amide bonds. The van der Waals surface area contributed by atoms with Crippen LogP contribution in [0.1, 0.15) is 22.9 Å². The van der Waals surface area contributed by atoms with Crippen LogP contribution in [-0.2, 0) is 22.7 Å². The van der Waals surface area contributed by atoms with Gasteiger partial charge in [0, 0.05) is 30.6 Å². The second-order valence-electron chi connectivity index (χ2n) is 7.89. The van der Waals surface area contributed by atoms with Crippen molar-refractivity contribution in [1.29, 1.82) is 0 Å². The molecule has 180 valence electrons. The summed E-state index contributed by atoms with van der Waals surface area (Å²) in [5, 5.41) is 22.9. The van der Waals surface area contributed by atoms with Crippen molar-refractivity contribution in [2.24, 2.45) is 0 Å². The van der Waals surface area contributed by atoms with Gasteiger partial charge in [0.05, 0.1) is 5.92 Å². The third-order valence-corrected chi connectivity index (χ3v) is 5.97. The number of aliphatic carboxylic acids is 2. The largest absolute Gasteiger partial charge is 0.489 e. The minimum absolute atomic E-state index is 0.323. The van der Waals surface area contributed by atoms with Crippen LogP contribution in [0.4, 0.5) is 0 Å². The van der Waals surface area contributed by atoms with E-state index in [0.717, 1.165) is 36.8 Å². The molecule has 1 saturated heterocycles. The molecule has 2 aromatic heterocycles. The first-order valence-corrected chi connectivity index (χ1v) is 11.7. The van der Waals surface area contributed by atoms with Gasteiger partial charge in [0.15, 0.2) is 0 Å². The van der Waals surface area contributed by atoms with Crippen LogP contribution in [0.25, 0.3) is 11.4 Å². The zero-order valence-electron chi connectivity index (χ0n) is 18.6. The first-order valence-electron chi connectivity index (χ1n) is 10.8. The van der Waals surface area contributed by atoms with E-state index in [9.17, 15) is 0 Å². The summed E-state index contributed by atoms with van der Waals surface area (Å²) >= 11 is 1.64. The molecule has 1 aliphatic heterocycles. The van der Waals surface area contributed by atoms with Crippen LogP contribution in [0.5, 0.6) is 5.75 Å². The van der Waals surface area contributed by atoms with Gasteiger partial charge in [-0.1, -0.05) is 47.6 Å². The molecular formula is C25H23N3O6S. The molecule has 0 atom stereocenters. The van der Waals surface area contributed by atoms with Crippen molar-refractivity contribution >= 4 is 23.3 Å². The lowest BCUT2D eigenvalue weighted by molar-refractivity contribution is -0.159. The zero-order valence-corrected chi connectivity index (χ0v) is 19.4. The summed E-state index contributed by atoms with van der Waals surface area (Å²) in [6.07, 6.45) is 0. The number of nitrogens with zero attached hydrogens (tertiary/aromatic N) is 3. The predicted octanol–water partition coefficient (Wildman–Crippen LogP) is 4.13. The highest BCUT2D eigenvalue weighted by atomic mass is 32.1. The zero-order chi connectivity index (χ0) is 24.6. The van der Waals surface area contributed by atoms with Crippen molar-refractivity contribution in [3.8, 4) is 17.1 Å². The van der Waals surface area contributed by atoms with E-state index in [4.69, 9.17) is 29.1 Å². The molecule has 0 spiro atoms. The molecule has 35 heavy (non-hydrogen) atoms. The lowest BCUT2D eigenvalue weighted by atomic mass is 9.99. The Morgan fingerprint density at radius 1 is 1.00 bits per heavy atom. The standard InChI is InChI=1S/C23H21N3O2S.C2H2O4/c1-2-4-18(5-3-1)15-27-21-8-6-17(7-9-21)12-26-13-20(14-26)23-24-22(25-28-23)19-10-11-29-16-19;3-1(4)2(5)6/h1-11,16,20H,12-15H2;(H,3,4)(H,5,6). The fraction of sp³-hybridized carbons (Fsp3) is 0.200. The van der Waals surface area contributed by atoms with Gasteiger partial charge in [0.2, 0.25) is 11.7 Å². The van der Waals surface area contributed by atoms with Crippen molar-refractivity contribution in [2.45, 2.75) is 19.1 Å². The van der Waals surface area contributed by atoms with E-state index in [1.807, 2.05) is 47.2 Å². The second-order valence-corrected chi connectivity index (χ2v) is 8.67. The highest BCUT2D eigenvalue weighted by Crippen LogP contribution is 2.29. The third-order valence-electron chi connectivity index (χ3n) is 5.29. The number of carboxylic acid groups (broad SMARTS) is 2. The van der Waals surface area contributed by atoms with Gasteiger partial charge >= 0.3 is 11.9 Å². The van der Waals surface area contributed by atoms with Gasteiger partial charge < -0.3 is 19.5 Å². The second kappa shape index (κ2) is 11.4. The molecule has 3 heterocycles. The van der Waals surface area contributed by atoms with Gasteiger partial charge in [0.25, 0.3) is 0 Å². The van der Waals surface area contributed by atoms with Gasteiger partial charge in [-0.15, -0.1) is 0 Å². The van der Waals surface area contributed by atoms with Crippen molar-refractivity contribution in [2.75, 3.05) is 13.1 Å². The SMILES string of the molecule is O=C(O)C(=O)O.c1ccc(COc2ccc(CN3CC(c4nc(-c5ccsc5)no4)C3)cc2)cc1. The predicted molar refractivity (Wildman–Crippen MR) is 128 cm³/mol. The summed E-state index contributed by atoms with van der Waals surface area (Å²) in [5.41, 5.74) is 3.47. The third kappa shape index (κ3) is 6.75. The molecule has 0 aliphatic carbocycles. The fourth-order valence-corrected chi connectivity index (χ4v) is 4.09. The highest BCUT2D eigenvalue weighted by Gasteiger charge is 2.32. The number of rotatable bonds is 7. The van der Waals surface area contributed by atoms with E-state index in [2.05, 4.69) is 39.3 Å². The van der Waals surface area contributed by atoms with E-state index in [0.29, 0.717) is 18.3 Å². The summed E-state index contributed by atoms with van der Waals surface area (Å²) in [6, 6.07) is 20.6. The van der Waals surface area contributed by atoms with Crippen LogP contribution in [0.3, 0.4) is 0 Å². The van der Waals surface area contributed by atoms with E-state index in [-0.39, 0.29) is 0 Å². The van der Waals surface area contributed by atoms with Crippen LogP contribution < -0.4 is 4.74 Å². The number of aromatic nitrogens is 2. The molecule has 1 aliphatic rings. The van der Waals surface area contributed by atoms with E-state index < -0.39 is 11.9 Å². The number of likely N-dealkylation sites (tertiary alicyclic amines) is 1. The van der Waals surface area contributed by atoms with Crippen LogP contribution in [-0.4, -0.2) is 50.3 Å². The molecular weight excluding hydrogens is 470 g/mol. The average molecular weight is 494 g/mol. The Bertz CT molecular complexity index is 1220. The van der Waals surface area contributed by atoms with Crippen LogP contribution in [0.2, 0.25) is 0 Å². The maximum Gasteiger partial charge on any atom is 0.414 e. The molecule has 0 bridgehead atoms. The number of hydrogen-bond acceptors (Lipinski definition) is 8. The molecule has 0 radical (unpaired) electrons. The maximum atomic E-state index is 9.10. The number of carboxylic acids is 2. The number of ether oxygens (including phenoxy) is 1. The minimum atomic E-state index is -1.82. The highest BCUT2D eigenvalue weighted by molar-refractivity contribution is 7.08. The Morgan fingerprint density at radius 3 is 2.34 bits per heavy atom. The summed E-state index contributed by atoms with van der Waals surface area (Å²) in [7, 11) is 0. The number of hydrogen-bond donors (Lipinski definition) is 2. The Labute approximate surface area is 205 Å². The summed E-state index contributed by atoms with van der Waals surface area (Å²) in [5.74, 6) is -1.00. The van der Waals surface area contributed by atoms with E-state index in [1.165, 1.54) is 11.1 Å². The van der Waals surface area contributed by atoms with Gasteiger partial charge in [-0.25, -0.2) is 9.59 Å². The molecule has 4 aromatic rings. The van der Waals surface area contributed by atoms with Crippen LogP contribution in [0.15, 0.2) is 75.9 Å². The lowest BCUT2D eigenvalue weighted by Crippen LogP contribution is -2.44. The Balaban J connectivity index is 0.000000431. The van der Waals surface area contributed by atoms with Crippen molar-refractivity contribution in [1.82, 2.24) is 15.0 Å². The number of thiophene rings is 1. The van der Waals surface area contributed by atoms with Gasteiger partial charge in [-0.05, 0) is 34.7 Å². The molecule has 5 rings (SSSR count). The number of carbonyl (C=O) groups is 2. The van der Waals surface area contributed by atoms with Gasteiger partial charge in [0.1, 0.15) is 12.4 Å². The monoisotopic (exact) mass is 493 g/mol. The normalized spacial score (nSPS) is 13.4. The van der Waals surface area contributed by atoms with E-state index in [1.54, 1.807) is 11.3 Å². The first-order chi connectivity index (χ1) is 17.0. The van der Waals surface area contributed by atoms with Crippen LogP contribution in [0, 0.1) is 0 Å². The smallest absolute Gasteiger partial charge is 0.414 e. The van der Waals surface area contributed by atoms with Crippen molar-refractivity contribution in [3.05, 3.63) is 88.4 Å². The Kier molecular flexibility index (Phi) is 7.86. The first kappa shape index (κ1) is 24.1. The summed E-state index contributed by atoms with van der Waals surface area (Å²) in [6.45, 7) is 3.39. The Morgan fingerprint density at radius 2 is 1.71 bits per heavy atom. The van der Waals surface area contributed by atoms with Gasteiger partial charge in [-0.3, -0.25) is 4.90 Å². The van der Waals surface area contributed by atoms with Crippen LogP contribution >= 0.6 is 11.3 Å². The molecule has 2 N–H and O–H groups in total. The average Bonchev–Trinajstić information content (AvgIpc) is 3.54. The fourth-order valence-electron chi connectivity index (χ4n) is 3.46.